The van der Waals surface area contributed by atoms with Crippen LogP contribution in [0.4, 0.5) is 0 Å². The maximum absolute atomic E-state index is 3.62. The molecule has 0 aromatic rings. The molecular formula is C6H9I3In2. The van der Waals surface area contributed by atoms with Crippen LogP contribution in [0.3, 0.4) is 0 Å². The maximum atomic E-state index is 3.62. The van der Waals surface area contributed by atoms with Crippen LogP contribution < -0.4 is 0 Å². The zero-order chi connectivity index (χ0) is 8.95. The van der Waals surface area contributed by atoms with Crippen molar-refractivity contribution in [3.63, 3.8) is 0 Å². The monoisotopic (exact) mass is 692 g/mol. The van der Waals surface area contributed by atoms with Crippen LogP contribution in [0, 0.1) is 0 Å². The molecule has 5 heteroatoms. The van der Waals surface area contributed by atoms with E-state index in [1.54, 1.807) is 0 Å². The van der Waals surface area contributed by atoms with Crippen molar-refractivity contribution in [1.29, 1.82) is 0 Å². The van der Waals surface area contributed by atoms with E-state index in [1.807, 2.05) is 6.08 Å². The van der Waals surface area contributed by atoms with E-state index in [9.17, 15) is 0 Å². The van der Waals surface area contributed by atoms with E-state index >= 15 is 0 Å². The quantitative estimate of drug-likeness (QED) is 0.310. The minimum atomic E-state index is -0.125. The number of allylic oxidation sites excluding steroid dienone is 3. The van der Waals surface area contributed by atoms with Gasteiger partial charge in [0.15, 0.2) is 0 Å². The molecule has 0 amide bonds. The summed E-state index contributed by atoms with van der Waals surface area (Å²) in [6, 6.07) is 0. The Kier molecular flexibility index (Phi) is 29.2. The Morgan fingerprint density at radius 3 is 2.09 bits per heavy atom. The summed E-state index contributed by atoms with van der Waals surface area (Å²) in [6.45, 7) is 3.62. The van der Waals surface area contributed by atoms with Gasteiger partial charge in [0.05, 0.1) is 0 Å². The average Bonchev–Trinajstić information content (AvgIpc) is 2.00. The molecule has 2 radical (unpaired) electrons. The Morgan fingerprint density at radius 2 is 1.73 bits per heavy atom. The number of rotatable bonds is 4. The third-order valence-electron chi connectivity index (χ3n) is 0.695. The summed E-state index contributed by atoms with van der Waals surface area (Å²) in [7, 11) is 0. The molecule has 0 aromatic heterocycles. The predicted molar refractivity (Wildman–Crippen MR) is 82.3 cm³/mol. The normalized spacial score (nSPS) is 8.27. The molecular weight excluding hydrogens is 682 g/mol. The zero-order valence-electron chi connectivity index (χ0n) is 6.14. The molecule has 0 aliphatic carbocycles. The van der Waals surface area contributed by atoms with Crippen LogP contribution in [0.2, 0.25) is 4.18 Å². The van der Waals surface area contributed by atoms with Crippen molar-refractivity contribution < 1.29 is 0 Å². The number of halogens is 3. The molecule has 0 saturated heterocycles. The first kappa shape index (κ1) is 16.8. The summed E-state index contributed by atoms with van der Waals surface area (Å²) in [5, 5.41) is 0. The molecule has 0 fully saturated rings. The summed E-state index contributed by atoms with van der Waals surface area (Å²) in [4.78, 5) is 0. The van der Waals surface area contributed by atoms with Gasteiger partial charge in [-0.05, 0) is 0 Å². The van der Waals surface area contributed by atoms with Crippen LogP contribution in [0.15, 0.2) is 24.8 Å². The third-order valence-corrected chi connectivity index (χ3v) is 5.39. The van der Waals surface area contributed by atoms with Crippen LogP contribution >= 0.6 is 54.4 Å². The molecule has 0 N–H and O–H groups in total. The fourth-order valence-electron chi connectivity index (χ4n) is 0.340. The van der Waals surface area contributed by atoms with Gasteiger partial charge in [0.25, 0.3) is 0 Å². The van der Waals surface area contributed by atoms with Gasteiger partial charge in [-0.25, -0.2) is 0 Å². The van der Waals surface area contributed by atoms with Crippen LogP contribution in [-0.4, -0.2) is 33.3 Å². The Labute approximate surface area is 120 Å². The van der Waals surface area contributed by atoms with Crippen molar-refractivity contribution >= 4 is 87.8 Å². The summed E-state index contributed by atoms with van der Waals surface area (Å²) in [5.74, 6) is 0. The van der Waals surface area contributed by atoms with Crippen LogP contribution in [0.1, 0.15) is 6.42 Å². The van der Waals surface area contributed by atoms with E-state index in [-0.39, 0.29) is 33.3 Å². The van der Waals surface area contributed by atoms with E-state index < -0.39 is 0 Å². The fourth-order valence-corrected chi connectivity index (χ4v) is 3.15. The molecule has 0 nitrogen and oxygen atoms in total. The second-order valence-electron chi connectivity index (χ2n) is 1.47. The SMILES string of the molecule is C=CC/C=C/[CH2][In][I].[I][In][I]. The van der Waals surface area contributed by atoms with E-state index in [0.29, 0.717) is 0 Å². The van der Waals surface area contributed by atoms with Crippen molar-refractivity contribution in [3.8, 4) is 0 Å². The number of hydrogen-bond acceptors (Lipinski definition) is 0. The molecule has 0 aliphatic heterocycles. The summed E-state index contributed by atoms with van der Waals surface area (Å²) >= 11 is 7.41. The molecule has 0 bridgehead atoms. The van der Waals surface area contributed by atoms with Crippen molar-refractivity contribution in [2.75, 3.05) is 0 Å². The molecule has 0 atom stereocenters. The Hall–Kier alpha value is 3.41. The van der Waals surface area contributed by atoms with Gasteiger partial charge in [-0.1, -0.05) is 0 Å². The van der Waals surface area contributed by atoms with Gasteiger partial charge in [0.2, 0.25) is 0 Å². The second kappa shape index (κ2) is 19.1. The molecule has 0 saturated carbocycles. The summed E-state index contributed by atoms with van der Waals surface area (Å²) < 4.78 is 1.38. The van der Waals surface area contributed by atoms with Gasteiger partial charge in [-0.15, -0.1) is 0 Å². The molecule has 11 heavy (non-hydrogen) atoms. The van der Waals surface area contributed by atoms with E-state index in [0.717, 1.165) is 6.42 Å². The van der Waals surface area contributed by atoms with E-state index in [1.165, 1.54) is 4.18 Å². The van der Waals surface area contributed by atoms with Gasteiger partial charge in [0, 0.05) is 0 Å². The average molecular weight is 691 g/mol. The molecule has 0 aliphatic rings. The molecule has 0 aromatic carbocycles. The standard InChI is InChI=1S/C6H9.3HI.2In/c1-3-5-6-4-2;;;;;/h3-5H,1-2,6H2;3*1H;;/q;;;;+1;+2/p-3/b5-3+;;;;;. The predicted octanol–water partition coefficient (Wildman–Crippen LogP) is 3.98. The van der Waals surface area contributed by atoms with Crippen molar-refractivity contribution in [1.82, 2.24) is 0 Å². The van der Waals surface area contributed by atoms with Gasteiger partial charge in [-0.3, -0.25) is 0 Å². The first-order chi connectivity index (χ1) is 5.33. The van der Waals surface area contributed by atoms with Gasteiger partial charge < -0.3 is 0 Å². The first-order valence-corrected chi connectivity index (χ1v) is 34.2. The van der Waals surface area contributed by atoms with Gasteiger partial charge in [-0.2, -0.15) is 0 Å². The van der Waals surface area contributed by atoms with Crippen LogP contribution in [0.5, 0.6) is 0 Å². The van der Waals surface area contributed by atoms with E-state index in [2.05, 4.69) is 73.1 Å². The fraction of sp³-hybridized carbons (Fsp3) is 0.333. The minimum absolute atomic E-state index is 0.0500. The third kappa shape index (κ3) is 24.7. The van der Waals surface area contributed by atoms with Crippen LogP contribution in [0.25, 0.3) is 0 Å². The molecule has 0 spiro atoms. The molecule has 60 valence electrons. The molecule has 0 unspecified atom stereocenters. The topological polar surface area (TPSA) is 0 Å². The Balaban J connectivity index is 0. The summed E-state index contributed by atoms with van der Waals surface area (Å²) in [6.07, 6.45) is 7.43. The Morgan fingerprint density at radius 1 is 1.18 bits per heavy atom. The van der Waals surface area contributed by atoms with E-state index in [4.69, 9.17) is 0 Å². The first-order valence-electron chi connectivity index (χ1n) is 3.03. The van der Waals surface area contributed by atoms with Crippen molar-refractivity contribution in [3.05, 3.63) is 24.8 Å². The Bertz CT molecular complexity index is 95.8. The second-order valence-corrected chi connectivity index (χ2v) is 34.4. The van der Waals surface area contributed by atoms with Gasteiger partial charge >= 0.3 is 123 Å². The summed E-state index contributed by atoms with van der Waals surface area (Å²) in [5.41, 5.74) is 0. The van der Waals surface area contributed by atoms with Crippen molar-refractivity contribution in [2.24, 2.45) is 0 Å². The van der Waals surface area contributed by atoms with Gasteiger partial charge in [0.1, 0.15) is 0 Å². The van der Waals surface area contributed by atoms with Crippen molar-refractivity contribution in [2.45, 2.75) is 10.6 Å². The van der Waals surface area contributed by atoms with Crippen LogP contribution in [-0.2, 0) is 0 Å². The molecule has 0 rings (SSSR count). The number of hydrogen-bond donors (Lipinski definition) is 0. The zero-order valence-corrected chi connectivity index (χ0v) is 19.2. The molecule has 0 heterocycles.